The number of Topliss-reactive ketones (excluding diaryl/α,β-unsaturated/α-hetero) is 1. The van der Waals surface area contributed by atoms with Crippen LogP contribution in [0.15, 0.2) is 0 Å². The fraction of sp³-hybridized carbons (Fsp3) is 0.762. The number of amides is 4. The van der Waals surface area contributed by atoms with Crippen LogP contribution in [0.1, 0.15) is 26.7 Å². The van der Waals surface area contributed by atoms with Gasteiger partial charge in [0.25, 0.3) is 6.43 Å². The molecule has 0 bridgehead atoms. The van der Waals surface area contributed by atoms with Crippen LogP contribution in [0.5, 0.6) is 0 Å². The van der Waals surface area contributed by atoms with E-state index >= 15 is 0 Å². The molecule has 202 valence electrons. The smallest absolute Gasteiger partial charge is 0.356 e. The zero-order valence-electron chi connectivity index (χ0n) is 19.5. The van der Waals surface area contributed by atoms with Crippen molar-refractivity contribution < 1.29 is 50.7 Å². The maximum Gasteiger partial charge on any atom is 0.522 e. The molecule has 10 nitrogen and oxygen atoms in total. The second-order valence-electron chi connectivity index (χ2n) is 9.73. The van der Waals surface area contributed by atoms with Crippen molar-refractivity contribution in [1.29, 1.82) is 0 Å². The maximum absolute atomic E-state index is 13.3. The van der Waals surface area contributed by atoms with Crippen molar-refractivity contribution >= 4 is 29.4 Å². The minimum absolute atomic E-state index is 0.0164. The summed E-state index contributed by atoms with van der Waals surface area (Å²) in [5.74, 6) is -6.35. The Bertz CT molecular complexity index is 927. The SMILES string of the molecule is CC1(C)[C@@H]2[C@@H](C(=O)NC(C[C@@H]3CCNC3=O)C(=O)COC(F)(F)F)N(C(=O)C(=O)NCC(F)F)C[C@@H]21. The molecule has 3 rings (SSSR count). The van der Waals surface area contributed by atoms with Gasteiger partial charge in [-0.2, -0.15) is 0 Å². The lowest BCUT2D eigenvalue weighted by Crippen LogP contribution is -2.56. The molecule has 1 aliphatic carbocycles. The maximum atomic E-state index is 13.3. The van der Waals surface area contributed by atoms with Gasteiger partial charge in [-0.15, -0.1) is 13.2 Å². The Morgan fingerprint density at radius 2 is 1.89 bits per heavy atom. The largest absolute Gasteiger partial charge is 0.522 e. The quantitative estimate of drug-likeness (QED) is 0.285. The molecule has 15 heteroatoms. The van der Waals surface area contributed by atoms with Crippen molar-refractivity contribution in [3.05, 3.63) is 0 Å². The van der Waals surface area contributed by atoms with Gasteiger partial charge in [0.1, 0.15) is 12.6 Å². The first-order valence-corrected chi connectivity index (χ1v) is 11.3. The Morgan fingerprint density at radius 1 is 1.22 bits per heavy atom. The van der Waals surface area contributed by atoms with Crippen LogP contribution < -0.4 is 16.0 Å². The first-order valence-electron chi connectivity index (χ1n) is 11.3. The van der Waals surface area contributed by atoms with Crippen LogP contribution in [0.3, 0.4) is 0 Å². The number of fused-ring (bicyclic) bond motifs is 1. The van der Waals surface area contributed by atoms with Gasteiger partial charge in [0, 0.05) is 19.0 Å². The number of nitrogens with zero attached hydrogens (tertiary/aromatic N) is 1. The molecule has 36 heavy (non-hydrogen) atoms. The third kappa shape index (κ3) is 6.10. The van der Waals surface area contributed by atoms with E-state index in [1.807, 2.05) is 13.8 Å². The summed E-state index contributed by atoms with van der Waals surface area (Å²) < 4.78 is 65.8. The van der Waals surface area contributed by atoms with Gasteiger partial charge in [-0.05, 0) is 30.1 Å². The molecule has 4 amide bonds. The number of carbonyl (C=O) groups excluding carboxylic acids is 5. The van der Waals surface area contributed by atoms with E-state index in [1.165, 1.54) is 0 Å². The number of hydrogen-bond donors (Lipinski definition) is 3. The summed E-state index contributed by atoms with van der Waals surface area (Å²) in [6.45, 7) is 1.47. The second-order valence-corrected chi connectivity index (χ2v) is 9.73. The number of halogens is 5. The average Bonchev–Trinajstić information content (AvgIpc) is 3.13. The van der Waals surface area contributed by atoms with E-state index in [-0.39, 0.29) is 18.9 Å². The summed E-state index contributed by atoms with van der Waals surface area (Å²) in [6, 6.07) is -2.79. The third-order valence-electron chi connectivity index (χ3n) is 7.12. The number of alkyl halides is 5. The summed E-state index contributed by atoms with van der Waals surface area (Å²) in [7, 11) is 0. The number of piperidine rings is 1. The fourth-order valence-electron chi connectivity index (χ4n) is 5.11. The van der Waals surface area contributed by atoms with Crippen molar-refractivity contribution in [2.45, 2.75) is 51.6 Å². The Kier molecular flexibility index (Phi) is 7.91. The minimum atomic E-state index is -5.10. The molecule has 5 atom stereocenters. The van der Waals surface area contributed by atoms with Crippen LogP contribution in [-0.2, 0) is 28.7 Å². The molecule has 0 aromatic rings. The summed E-state index contributed by atoms with van der Waals surface area (Å²) >= 11 is 0. The van der Waals surface area contributed by atoms with Crippen LogP contribution in [0.25, 0.3) is 0 Å². The third-order valence-corrected chi connectivity index (χ3v) is 7.12. The zero-order valence-corrected chi connectivity index (χ0v) is 19.5. The van der Waals surface area contributed by atoms with Gasteiger partial charge in [0.15, 0.2) is 5.78 Å². The molecule has 0 aromatic heterocycles. The normalized spacial score (nSPS) is 27.3. The molecule has 1 saturated carbocycles. The van der Waals surface area contributed by atoms with Gasteiger partial charge in [-0.25, -0.2) is 8.78 Å². The van der Waals surface area contributed by atoms with Gasteiger partial charge in [0.05, 0.1) is 12.6 Å². The fourth-order valence-corrected chi connectivity index (χ4v) is 5.11. The molecule has 2 aliphatic heterocycles. The van der Waals surface area contributed by atoms with E-state index < -0.39 is 84.7 Å². The van der Waals surface area contributed by atoms with Crippen molar-refractivity contribution in [1.82, 2.24) is 20.9 Å². The molecular formula is C21H27F5N4O6. The summed E-state index contributed by atoms with van der Waals surface area (Å²) in [5.41, 5.74) is -0.414. The molecular weight excluding hydrogens is 499 g/mol. The van der Waals surface area contributed by atoms with E-state index in [9.17, 15) is 45.9 Å². The van der Waals surface area contributed by atoms with E-state index in [0.717, 1.165) is 4.90 Å². The number of ether oxygens (including phenoxy) is 1. The average molecular weight is 526 g/mol. The lowest BCUT2D eigenvalue weighted by atomic mass is 9.95. The highest BCUT2D eigenvalue weighted by molar-refractivity contribution is 6.35. The lowest BCUT2D eigenvalue weighted by Gasteiger charge is -2.31. The van der Waals surface area contributed by atoms with Crippen molar-refractivity contribution in [3.8, 4) is 0 Å². The molecule has 2 saturated heterocycles. The standard InChI is InChI=1S/C21H27F5N4O6/c1-20(2)10-7-30(19(35)18(34)28-6-13(22)23)15(14(10)20)17(33)29-11(5-9-3-4-27-16(9)32)12(31)8-36-21(24,25)26/h9-11,13-15H,3-8H2,1-2H3,(H,27,32)(H,28,34)(H,29,33)/t9-,10-,11?,14-,15-/m0/s1. The predicted octanol–water partition coefficient (Wildman–Crippen LogP) is -0.0328. The van der Waals surface area contributed by atoms with E-state index in [4.69, 9.17) is 0 Å². The minimum Gasteiger partial charge on any atom is -0.356 e. The number of nitrogens with one attached hydrogen (secondary N) is 3. The summed E-state index contributed by atoms with van der Waals surface area (Å²) in [5, 5.41) is 6.66. The van der Waals surface area contributed by atoms with Gasteiger partial charge in [0.2, 0.25) is 11.8 Å². The van der Waals surface area contributed by atoms with Gasteiger partial charge >= 0.3 is 18.2 Å². The highest BCUT2D eigenvalue weighted by atomic mass is 19.4. The molecule has 0 spiro atoms. The Morgan fingerprint density at radius 3 is 2.44 bits per heavy atom. The van der Waals surface area contributed by atoms with Crippen molar-refractivity contribution in [2.75, 3.05) is 26.2 Å². The molecule has 0 aromatic carbocycles. The molecule has 0 radical (unpaired) electrons. The van der Waals surface area contributed by atoms with Crippen molar-refractivity contribution in [3.63, 3.8) is 0 Å². The summed E-state index contributed by atoms with van der Waals surface area (Å²) in [4.78, 5) is 63.4. The van der Waals surface area contributed by atoms with Gasteiger partial charge < -0.3 is 20.9 Å². The molecule has 2 heterocycles. The lowest BCUT2D eigenvalue weighted by molar-refractivity contribution is -0.321. The Balaban J connectivity index is 1.76. The van der Waals surface area contributed by atoms with Crippen LogP contribution in [0, 0.1) is 23.2 Å². The molecule has 3 N–H and O–H groups in total. The Hall–Kier alpha value is -2.84. The topological polar surface area (TPSA) is 134 Å². The van der Waals surface area contributed by atoms with E-state index in [0.29, 0.717) is 13.0 Å². The second kappa shape index (κ2) is 10.3. The van der Waals surface area contributed by atoms with Crippen molar-refractivity contribution in [2.24, 2.45) is 23.2 Å². The van der Waals surface area contributed by atoms with Crippen LogP contribution in [0.2, 0.25) is 0 Å². The Labute approximate surface area is 202 Å². The predicted molar refractivity (Wildman–Crippen MR) is 110 cm³/mol. The van der Waals surface area contributed by atoms with Crippen LogP contribution in [0.4, 0.5) is 22.0 Å². The van der Waals surface area contributed by atoms with Crippen LogP contribution >= 0.6 is 0 Å². The summed E-state index contributed by atoms with van der Waals surface area (Å²) in [6.07, 6.45) is -7.98. The van der Waals surface area contributed by atoms with E-state index in [1.54, 1.807) is 5.32 Å². The monoisotopic (exact) mass is 526 g/mol. The first kappa shape index (κ1) is 27.7. The molecule has 3 aliphatic rings. The van der Waals surface area contributed by atoms with E-state index in [2.05, 4.69) is 15.4 Å². The highest BCUT2D eigenvalue weighted by Gasteiger charge is 2.69. The number of rotatable bonds is 9. The number of hydrogen-bond acceptors (Lipinski definition) is 6. The first-order chi connectivity index (χ1) is 16.6. The zero-order chi connectivity index (χ0) is 27.0. The van der Waals surface area contributed by atoms with Gasteiger partial charge in [-0.3, -0.25) is 28.7 Å². The van der Waals surface area contributed by atoms with Crippen LogP contribution in [-0.4, -0.2) is 85.4 Å². The highest BCUT2D eigenvalue weighted by Crippen LogP contribution is 2.64. The number of likely N-dealkylation sites (tertiary alicyclic amines) is 1. The van der Waals surface area contributed by atoms with Gasteiger partial charge in [-0.1, -0.05) is 13.8 Å². The number of carbonyl (C=O) groups is 5. The molecule has 3 fully saturated rings. The molecule has 1 unspecified atom stereocenters. The number of ketones is 1.